The summed E-state index contributed by atoms with van der Waals surface area (Å²) in [4.78, 5) is 0. The normalized spacial score (nSPS) is 15.6. The molecule has 0 aliphatic heterocycles. The molecule has 0 saturated heterocycles. The summed E-state index contributed by atoms with van der Waals surface area (Å²) in [6.07, 6.45) is 1.86. The van der Waals surface area contributed by atoms with Crippen molar-refractivity contribution in [2.24, 2.45) is 5.73 Å². The molecular formula is C22H14N4. The van der Waals surface area contributed by atoms with Crippen molar-refractivity contribution >= 4 is 17.2 Å². The number of rotatable bonds is 1. The molecule has 0 unspecified atom stereocenters. The molecule has 3 rings (SSSR count). The molecule has 122 valence electrons. The maximum absolute atomic E-state index is 9.44. The van der Waals surface area contributed by atoms with Gasteiger partial charge < -0.3 is 5.73 Å². The number of fused-ring (bicyclic) bond motifs is 1. The third kappa shape index (κ3) is 2.75. The van der Waals surface area contributed by atoms with Gasteiger partial charge in [0.2, 0.25) is 0 Å². The van der Waals surface area contributed by atoms with E-state index >= 15 is 0 Å². The maximum Gasteiger partial charge on any atom is 0.138 e. The summed E-state index contributed by atoms with van der Waals surface area (Å²) < 4.78 is 0. The topological polar surface area (TPSA) is 97.4 Å². The SMILES string of the molecule is Cc1ccc(/C=C2/C(=C(C#N)C#N)c3ccccc3/C2=C(/N)C#N)cc1. The highest BCUT2D eigenvalue weighted by Gasteiger charge is 2.31. The van der Waals surface area contributed by atoms with Gasteiger partial charge >= 0.3 is 0 Å². The molecule has 0 fully saturated rings. The quantitative estimate of drug-likeness (QED) is 0.794. The summed E-state index contributed by atoms with van der Waals surface area (Å²) in [5.74, 6) is 0. The summed E-state index contributed by atoms with van der Waals surface area (Å²) in [7, 11) is 0. The van der Waals surface area contributed by atoms with Crippen molar-refractivity contribution in [1.29, 1.82) is 15.8 Å². The lowest BCUT2D eigenvalue weighted by atomic mass is 9.96. The predicted molar refractivity (Wildman–Crippen MR) is 100 cm³/mol. The number of allylic oxidation sites excluding steroid dienone is 5. The Balaban J connectivity index is 2.41. The molecule has 26 heavy (non-hydrogen) atoms. The van der Waals surface area contributed by atoms with Crippen LogP contribution in [0.4, 0.5) is 0 Å². The molecule has 2 aromatic rings. The van der Waals surface area contributed by atoms with Crippen LogP contribution in [0.1, 0.15) is 22.3 Å². The molecule has 4 heteroatoms. The zero-order chi connectivity index (χ0) is 18.7. The number of hydrogen-bond acceptors (Lipinski definition) is 4. The van der Waals surface area contributed by atoms with Crippen molar-refractivity contribution in [3.63, 3.8) is 0 Å². The van der Waals surface area contributed by atoms with Gasteiger partial charge in [0.25, 0.3) is 0 Å². The first-order valence-electron chi connectivity index (χ1n) is 7.94. The Labute approximate surface area is 152 Å². The molecule has 0 spiro atoms. The number of aryl methyl sites for hydroxylation is 1. The van der Waals surface area contributed by atoms with E-state index in [1.165, 1.54) is 0 Å². The molecule has 4 nitrogen and oxygen atoms in total. The van der Waals surface area contributed by atoms with Crippen LogP contribution in [-0.2, 0) is 0 Å². The number of benzene rings is 2. The molecule has 0 atom stereocenters. The number of nitriles is 3. The van der Waals surface area contributed by atoms with Crippen LogP contribution in [0.2, 0.25) is 0 Å². The van der Waals surface area contributed by atoms with Gasteiger partial charge in [-0.15, -0.1) is 0 Å². The van der Waals surface area contributed by atoms with Gasteiger partial charge in [-0.05, 0) is 35.3 Å². The first-order chi connectivity index (χ1) is 12.6. The number of nitrogens with two attached hydrogens (primary N) is 1. The fourth-order valence-electron chi connectivity index (χ4n) is 3.06. The third-order valence-corrected chi connectivity index (χ3v) is 4.26. The van der Waals surface area contributed by atoms with Crippen LogP contribution < -0.4 is 5.73 Å². The molecule has 2 N–H and O–H groups in total. The van der Waals surface area contributed by atoms with Crippen LogP contribution in [-0.4, -0.2) is 0 Å². The fourth-order valence-corrected chi connectivity index (χ4v) is 3.06. The molecule has 0 bridgehead atoms. The Morgan fingerprint density at radius 1 is 0.846 bits per heavy atom. The van der Waals surface area contributed by atoms with E-state index in [0.29, 0.717) is 16.7 Å². The van der Waals surface area contributed by atoms with E-state index in [9.17, 15) is 15.8 Å². The molecule has 2 aromatic carbocycles. The van der Waals surface area contributed by atoms with Crippen molar-refractivity contribution < 1.29 is 0 Å². The largest absolute Gasteiger partial charge is 0.390 e. The van der Waals surface area contributed by atoms with Gasteiger partial charge in [-0.25, -0.2) is 0 Å². The Hall–Kier alpha value is -4.07. The van der Waals surface area contributed by atoms with Gasteiger partial charge in [0, 0.05) is 11.1 Å². The van der Waals surface area contributed by atoms with Gasteiger partial charge in [0.1, 0.15) is 29.5 Å². The molecule has 0 amide bonds. The minimum absolute atomic E-state index is 0.00319. The second kappa shape index (κ2) is 6.81. The summed E-state index contributed by atoms with van der Waals surface area (Å²) in [5, 5.41) is 28.3. The summed E-state index contributed by atoms with van der Waals surface area (Å²) in [6.45, 7) is 2.00. The minimum atomic E-state index is -0.00319. The minimum Gasteiger partial charge on any atom is -0.390 e. The van der Waals surface area contributed by atoms with Crippen molar-refractivity contribution in [1.82, 2.24) is 0 Å². The molecule has 0 radical (unpaired) electrons. The maximum atomic E-state index is 9.44. The van der Waals surface area contributed by atoms with Crippen molar-refractivity contribution in [3.8, 4) is 18.2 Å². The third-order valence-electron chi connectivity index (χ3n) is 4.26. The molecular weight excluding hydrogens is 320 g/mol. The standard InChI is InChI=1S/C22H14N4/c1-14-6-8-15(9-7-14)10-19-21(16(11-23)12-24)17-4-2-3-5-18(17)22(19)20(26)13-25/h2-10H,26H2,1H3/b19-10-,22-20-. The average Bonchev–Trinajstić information content (AvgIpc) is 2.98. The molecule has 0 heterocycles. The van der Waals surface area contributed by atoms with Crippen LogP contribution in [0.5, 0.6) is 0 Å². The average molecular weight is 334 g/mol. The summed E-state index contributed by atoms with van der Waals surface area (Å²) >= 11 is 0. The first kappa shape index (κ1) is 16.8. The second-order valence-electron chi connectivity index (χ2n) is 5.89. The Bertz CT molecular complexity index is 1090. The Kier molecular flexibility index (Phi) is 4.40. The van der Waals surface area contributed by atoms with Crippen LogP contribution in [0, 0.1) is 40.9 Å². The fraction of sp³-hybridized carbons (Fsp3) is 0.0455. The van der Waals surface area contributed by atoms with E-state index in [2.05, 4.69) is 0 Å². The lowest BCUT2D eigenvalue weighted by Crippen LogP contribution is -1.99. The summed E-state index contributed by atoms with van der Waals surface area (Å²) in [6, 6.07) is 21.1. The lowest BCUT2D eigenvalue weighted by Gasteiger charge is -2.06. The van der Waals surface area contributed by atoms with Gasteiger partial charge in [-0.1, -0.05) is 54.1 Å². The van der Waals surface area contributed by atoms with Gasteiger partial charge in [0.05, 0.1) is 0 Å². The van der Waals surface area contributed by atoms with E-state index in [1.54, 1.807) is 0 Å². The van der Waals surface area contributed by atoms with Crippen molar-refractivity contribution in [2.45, 2.75) is 6.92 Å². The summed E-state index contributed by atoms with van der Waals surface area (Å²) in [5.41, 5.74) is 11.2. The zero-order valence-electron chi connectivity index (χ0n) is 14.1. The second-order valence-corrected chi connectivity index (χ2v) is 5.89. The van der Waals surface area contributed by atoms with Crippen molar-refractivity contribution in [2.75, 3.05) is 0 Å². The molecule has 0 saturated carbocycles. The highest BCUT2D eigenvalue weighted by Crippen LogP contribution is 2.47. The van der Waals surface area contributed by atoms with Crippen LogP contribution in [0.15, 0.2) is 65.4 Å². The Morgan fingerprint density at radius 2 is 1.42 bits per heavy atom. The van der Waals surface area contributed by atoms with Crippen molar-refractivity contribution in [3.05, 3.63) is 87.6 Å². The van der Waals surface area contributed by atoms with E-state index in [-0.39, 0.29) is 11.3 Å². The number of hydrogen-bond donors (Lipinski definition) is 1. The van der Waals surface area contributed by atoms with Gasteiger partial charge in [0.15, 0.2) is 0 Å². The van der Waals surface area contributed by atoms with Gasteiger partial charge in [-0.2, -0.15) is 15.8 Å². The lowest BCUT2D eigenvalue weighted by molar-refractivity contribution is 1.39. The zero-order valence-corrected chi connectivity index (χ0v) is 14.1. The molecule has 1 aliphatic carbocycles. The monoisotopic (exact) mass is 334 g/mol. The number of nitrogens with zero attached hydrogens (tertiary/aromatic N) is 3. The van der Waals surface area contributed by atoms with Crippen LogP contribution in [0.3, 0.4) is 0 Å². The van der Waals surface area contributed by atoms with Gasteiger partial charge in [-0.3, -0.25) is 0 Å². The first-order valence-corrected chi connectivity index (χ1v) is 7.94. The van der Waals surface area contributed by atoms with Crippen LogP contribution in [0.25, 0.3) is 17.2 Å². The molecule has 0 aromatic heterocycles. The van der Waals surface area contributed by atoms with E-state index in [1.807, 2.05) is 79.7 Å². The highest BCUT2D eigenvalue weighted by molar-refractivity contribution is 6.14. The predicted octanol–water partition coefficient (Wildman–Crippen LogP) is 4.09. The van der Waals surface area contributed by atoms with Crippen LogP contribution >= 0.6 is 0 Å². The highest BCUT2D eigenvalue weighted by atomic mass is 14.6. The smallest absolute Gasteiger partial charge is 0.138 e. The van der Waals surface area contributed by atoms with E-state index < -0.39 is 0 Å². The van der Waals surface area contributed by atoms with E-state index in [0.717, 1.165) is 22.3 Å². The molecule has 1 aliphatic rings. The Morgan fingerprint density at radius 3 is 1.96 bits per heavy atom. The van der Waals surface area contributed by atoms with E-state index in [4.69, 9.17) is 5.73 Å².